The minimum atomic E-state index is 0.413. The molecule has 0 saturated heterocycles. The summed E-state index contributed by atoms with van der Waals surface area (Å²) < 4.78 is 7.12. The highest BCUT2D eigenvalue weighted by Gasteiger charge is 2.10. The number of benzene rings is 2. The fourth-order valence-electron chi connectivity index (χ4n) is 2.46. The number of aromatic nitrogens is 2. The van der Waals surface area contributed by atoms with E-state index in [2.05, 4.69) is 17.2 Å². The fraction of sp³-hybridized carbons (Fsp3) is 0.167. The van der Waals surface area contributed by atoms with Gasteiger partial charge in [0.1, 0.15) is 5.75 Å². The highest BCUT2D eigenvalue weighted by atomic mass is 35.5. The van der Waals surface area contributed by atoms with Crippen LogP contribution < -0.4 is 10.5 Å². The van der Waals surface area contributed by atoms with Gasteiger partial charge in [-0.1, -0.05) is 23.7 Å². The molecular weight excluding hydrogens is 310 g/mol. The zero-order valence-electron chi connectivity index (χ0n) is 12.9. The second kappa shape index (κ2) is 6.86. The van der Waals surface area contributed by atoms with Crippen molar-refractivity contribution in [3.05, 3.63) is 76.6 Å². The zero-order valence-corrected chi connectivity index (χ0v) is 13.6. The van der Waals surface area contributed by atoms with Crippen LogP contribution in [0.4, 0.5) is 0 Å². The van der Waals surface area contributed by atoms with Crippen molar-refractivity contribution in [2.24, 2.45) is 5.73 Å². The lowest BCUT2D eigenvalue weighted by Gasteiger charge is -2.08. The maximum atomic E-state index is 5.97. The van der Waals surface area contributed by atoms with Crippen molar-refractivity contribution in [3.8, 4) is 11.4 Å². The van der Waals surface area contributed by atoms with Gasteiger partial charge in [-0.2, -0.15) is 5.10 Å². The van der Waals surface area contributed by atoms with Crippen molar-refractivity contribution >= 4 is 11.6 Å². The monoisotopic (exact) mass is 327 g/mol. The lowest BCUT2D eigenvalue weighted by Crippen LogP contribution is -2.04. The van der Waals surface area contributed by atoms with Crippen molar-refractivity contribution < 1.29 is 4.74 Å². The molecule has 23 heavy (non-hydrogen) atoms. The lowest BCUT2D eigenvalue weighted by atomic mass is 10.1. The fourth-order valence-corrected chi connectivity index (χ4v) is 2.59. The summed E-state index contributed by atoms with van der Waals surface area (Å²) in [5.74, 6) is 0.850. The normalized spacial score (nSPS) is 10.7. The number of nitrogens with zero attached hydrogens (tertiary/aromatic N) is 2. The number of hydrogen-bond acceptors (Lipinski definition) is 3. The highest BCUT2D eigenvalue weighted by Crippen LogP contribution is 2.20. The van der Waals surface area contributed by atoms with E-state index < -0.39 is 0 Å². The Bertz CT molecular complexity index is 779. The van der Waals surface area contributed by atoms with Crippen molar-refractivity contribution in [2.45, 2.75) is 13.0 Å². The molecule has 0 radical (unpaired) electrons. The Morgan fingerprint density at radius 1 is 1.09 bits per heavy atom. The standard InChI is InChI=1S/C18H18ClN3O/c1-23-18-8-2-13(3-9-18)10-17-11-15(12-20)21-22(17)16-6-4-14(19)5-7-16/h2-9,11H,10,12,20H2,1H3. The Morgan fingerprint density at radius 2 is 1.78 bits per heavy atom. The van der Waals surface area contributed by atoms with Crippen molar-refractivity contribution in [2.75, 3.05) is 7.11 Å². The quantitative estimate of drug-likeness (QED) is 0.779. The molecule has 0 aliphatic rings. The molecule has 0 atom stereocenters. The molecule has 0 unspecified atom stereocenters. The van der Waals surface area contributed by atoms with E-state index in [1.807, 2.05) is 47.1 Å². The SMILES string of the molecule is COc1ccc(Cc2cc(CN)nn2-c2ccc(Cl)cc2)cc1. The van der Waals surface area contributed by atoms with Gasteiger partial charge in [0, 0.05) is 23.7 Å². The van der Waals surface area contributed by atoms with E-state index in [1.165, 1.54) is 5.56 Å². The van der Waals surface area contributed by atoms with Crippen molar-refractivity contribution in [1.29, 1.82) is 0 Å². The van der Waals surface area contributed by atoms with E-state index in [0.29, 0.717) is 11.6 Å². The third-order valence-electron chi connectivity index (χ3n) is 3.66. The van der Waals surface area contributed by atoms with Gasteiger partial charge in [-0.3, -0.25) is 0 Å². The molecule has 0 aliphatic carbocycles. The molecule has 1 heterocycles. The molecular formula is C18H18ClN3O. The van der Waals surface area contributed by atoms with E-state index in [0.717, 1.165) is 29.2 Å². The lowest BCUT2D eigenvalue weighted by molar-refractivity contribution is 0.414. The Kier molecular flexibility index (Phi) is 4.65. The third-order valence-corrected chi connectivity index (χ3v) is 3.91. The molecule has 0 saturated carbocycles. The van der Waals surface area contributed by atoms with E-state index >= 15 is 0 Å². The molecule has 1 aromatic heterocycles. The van der Waals surface area contributed by atoms with Gasteiger partial charge in [0.15, 0.2) is 0 Å². The van der Waals surface area contributed by atoms with E-state index in [4.69, 9.17) is 22.1 Å². The number of nitrogens with two attached hydrogens (primary N) is 1. The summed E-state index contributed by atoms with van der Waals surface area (Å²) in [7, 11) is 1.66. The van der Waals surface area contributed by atoms with Crippen LogP contribution in [0.2, 0.25) is 5.02 Å². The second-order valence-corrected chi connectivity index (χ2v) is 5.68. The van der Waals surface area contributed by atoms with Gasteiger partial charge < -0.3 is 10.5 Å². The van der Waals surface area contributed by atoms with Gasteiger partial charge in [0.05, 0.1) is 18.5 Å². The van der Waals surface area contributed by atoms with Crippen LogP contribution in [0.3, 0.4) is 0 Å². The Morgan fingerprint density at radius 3 is 2.39 bits per heavy atom. The smallest absolute Gasteiger partial charge is 0.118 e. The first-order chi connectivity index (χ1) is 11.2. The van der Waals surface area contributed by atoms with Crippen LogP contribution in [0, 0.1) is 0 Å². The summed E-state index contributed by atoms with van der Waals surface area (Å²) in [6.45, 7) is 0.413. The maximum absolute atomic E-state index is 5.97. The predicted molar refractivity (Wildman–Crippen MR) is 92.3 cm³/mol. The molecule has 0 fully saturated rings. The molecule has 4 nitrogen and oxygen atoms in total. The summed E-state index contributed by atoms with van der Waals surface area (Å²) >= 11 is 5.97. The first kappa shape index (κ1) is 15.6. The topological polar surface area (TPSA) is 53.1 Å². The van der Waals surface area contributed by atoms with E-state index in [1.54, 1.807) is 7.11 Å². The van der Waals surface area contributed by atoms with Gasteiger partial charge in [-0.25, -0.2) is 4.68 Å². The Hall–Kier alpha value is -2.30. The largest absolute Gasteiger partial charge is 0.497 e. The van der Waals surface area contributed by atoms with Gasteiger partial charge in [0.2, 0.25) is 0 Å². The van der Waals surface area contributed by atoms with E-state index in [9.17, 15) is 0 Å². The second-order valence-electron chi connectivity index (χ2n) is 5.24. The molecule has 2 N–H and O–H groups in total. The molecule has 0 amide bonds. The van der Waals surface area contributed by atoms with Gasteiger partial charge in [-0.05, 0) is 48.0 Å². The summed E-state index contributed by atoms with van der Waals surface area (Å²) in [5, 5.41) is 5.29. The Labute approximate surface area is 140 Å². The van der Waals surface area contributed by atoms with Crippen LogP contribution >= 0.6 is 11.6 Å². The molecule has 0 spiro atoms. The average molecular weight is 328 g/mol. The van der Waals surface area contributed by atoms with Crippen LogP contribution in [0.15, 0.2) is 54.6 Å². The van der Waals surface area contributed by atoms with Crippen molar-refractivity contribution in [1.82, 2.24) is 9.78 Å². The van der Waals surface area contributed by atoms with Gasteiger partial charge >= 0.3 is 0 Å². The van der Waals surface area contributed by atoms with Crippen LogP contribution in [0.5, 0.6) is 5.75 Å². The number of hydrogen-bond donors (Lipinski definition) is 1. The third kappa shape index (κ3) is 3.55. The number of halogens is 1. The molecule has 118 valence electrons. The van der Waals surface area contributed by atoms with Crippen LogP contribution in [-0.4, -0.2) is 16.9 Å². The first-order valence-corrected chi connectivity index (χ1v) is 7.74. The van der Waals surface area contributed by atoms with Gasteiger partial charge in [0.25, 0.3) is 0 Å². The first-order valence-electron chi connectivity index (χ1n) is 7.36. The number of rotatable bonds is 5. The molecule has 3 aromatic rings. The van der Waals surface area contributed by atoms with Gasteiger partial charge in [-0.15, -0.1) is 0 Å². The van der Waals surface area contributed by atoms with Crippen LogP contribution in [-0.2, 0) is 13.0 Å². The van der Waals surface area contributed by atoms with Crippen LogP contribution in [0.1, 0.15) is 17.0 Å². The average Bonchev–Trinajstić information content (AvgIpc) is 2.99. The van der Waals surface area contributed by atoms with Crippen molar-refractivity contribution in [3.63, 3.8) is 0 Å². The minimum Gasteiger partial charge on any atom is -0.497 e. The minimum absolute atomic E-state index is 0.413. The molecule has 0 aliphatic heterocycles. The van der Waals surface area contributed by atoms with Crippen LogP contribution in [0.25, 0.3) is 5.69 Å². The molecule has 3 rings (SSSR count). The highest BCUT2D eigenvalue weighted by molar-refractivity contribution is 6.30. The molecule has 0 bridgehead atoms. The van der Waals surface area contributed by atoms with E-state index in [-0.39, 0.29) is 0 Å². The Balaban J connectivity index is 1.94. The number of methoxy groups -OCH3 is 1. The zero-order chi connectivity index (χ0) is 16.2. The summed E-state index contributed by atoms with van der Waals surface area (Å²) in [4.78, 5) is 0. The maximum Gasteiger partial charge on any atom is 0.118 e. The predicted octanol–water partition coefficient (Wildman–Crippen LogP) is 3.58. The molecule has 5 heteroatoms. The number of ether oxygens (including phenoxy) is 1. The summed E-state index contributed by atoms with van der Waals surface area (Å²) in [6, 6.07) is 17.7. The molecule has 2 aromatic carbocycles. The summed E-state index contributed by atoms with van der Waals surface area (Å²) in [6.07, 6.45) is 0.764. The summed E-state index contributed by atoms with van der Waals surface area (Å²) in [5.41, 5.74) is 9.85.